The van der Waals surface area contributed by atoms with Gasteiger partial charge >= 0.3 is 12.0 Å². The Balaban J connectivity index is 1.85. The minimum Gasteiger partial charge on any atom is -0.481 e. The predicted molar refractivity (Wildman–Crippen MR) is 72.0 cm³/mol. The van der Waals surface area contributed by atoms with Gasteiger partial charge < -0.3 is 15.3 Å². The molecule has 1 atom stereocenters. The minimum atomic E-state index is -0.808. The number of hydrogen-bond donors (Lipinski definition) is 2. The monoisotopic (exact) mass is 268 g/mol. The Kier molecular flexibility index (Phi) is 4.32. The molecule has 19 heavy (non-hydrogen) atoms. The molecule has 5 nitrogen and oxygen atoms in total. The Bertz CT molecular complexity index is 351. The van der Waals surface area contributed by atoms with Crippen LogP contribution in [0.4, 0.5) is 4.79 Å². The molecular formula is C14H24N2O3. The topological polar surface area (TPSA) is 69.6 Å². The van der Waals surface area contributed by atoms with Crippen LogP contribution in [0, 0.1) is 5.41 Å². The Morgan fingerprint density at radius 1 is 1.21 bits per heavy atom. The van der Waals surface area contributed by atoms with Gasteiger partial charge in [-0.25, -0.2) is 4.79 Å². The van der Waals surface area contributed by atoms with E-state index in [1.807, 2.05) is 0 Å². The zero-order valence-electron chi connectivity index (χ0n) is 11.7. The van der Waals surface area contributed by atoms with Gasteiger partial charge in [0.2, 0.25) is 0 Å². The Hall–Kier alpha value is -1.26. The lowest BCUT2D eigenvalue weighted by Crippen LogP contribution is -2.45. The van der Waals surface area contributed by atoms with E-state index < -0.39 is 11.4 Å². The molecule has 2 amide bonds. The van der Waals surface area contributed by atoms with Crippen molar-refractivity contribution in [2.45, 2.75) is 57.9 Å². The van der Waals surface area contributed by atoms with E-state index in [1.54, 1.807) is 11.8 Å². The lowest BCUT2D eigenvalue weighted by atomic mass is 9.90. The number of aliphatic carboxylic acids is 1. The van der Waals surface area contributed by atoms with Crippen molar-refractivity contribution in [2.75, 3.05) is 13.1 Å². The molecule has 1 aliphatic carbocycles. The summed E-state index contributed by atoms with van der Waals surface area (Å²) in [5.74, 6) is -0.808. The lowest BCUT2D eigenvalue weighted by molar-refractivity contribution is -0.146. The van der Waals surface area contributed by atoms with E-state index in [0.29, 0.717) is 19.5 Å². The van der Waals surface area contributed by atoms with Crippen molar-refractivity contribution in [1.82, 2.24) is 10.2 Å². The van der Waals surface area contributed by atoms with Crippen LogP contribution in [0.3, 0.4) is 0 Å². The molecule has 1 unspecified atom stereocenters. The van der Waals surface area contributed by atoms with Crippen LogP contribution in [0.5, 0.6) is 0 Å². The van der Waals surface area contributed by atoms with Crippen molar-refractivity contribution in [3.8, 4) is 0 Å². The van der Waals surface area contributed by atoms with Crippen molar-refractivity contribution < 1.29 is 14.7 Å². The fourth-order valence-corrected chi connectivity index (χ4v) is 3.00. The summed E-state index contributed by atoms with van der Waals surface area (Å²) in [5, 5.41) is 12.2. The summed E-state index contributed by atoms with van der Waals surface area (Å²) >= 11 is 0. The van der Waals surface area contributed by atoms with Crippen LogP contribution in [0.1, 0.15) is 51.9 Å². The fraction of sp³-hybridized carbons (Fsp3) is 0.857. The van der Waals surface area contributed by atoms with Crippen LogP contribution in [0.2, 0.25) is 0 Å². The van der Waals surface area contributed by atoms with E-state index in [2.05, 4.69) is 5.32 Å². The summed E-state index contributed by atoms with van der Waals surface area (Å²) in [6.45, 7) is 2.58. The highest BCUT2D eigenvalue weighted by Crippen LogP contribution is 2.30. The number of urea groups is 1. The normalized spacial score (nSPS) is 29.0. The molecule has 5 heteroatoms. The second kappa shape index (κ2) is 5.80. The van der Waals surface area contributed by atoms with Gasteiger partial charge in [-0.3, -0.25) is 4.79 Å². The van der Waals surface area contributed by atoms with Gasteiger partial charge in [0.15, 0.2) is 0 Å². The molecule has 1 heterocycles. The number of carboxylic acids is 1. The molecule has 0 aromatic carbocycles. The van der Waals surface area contributed by atoms with Crippen LogP contribution in [-0.2, 0) is 4.79 Å². The summed E-state index contributed by atoms with van der Waals surface area (Å²) in [4.78, 5) is 25.0. The molecule has 108 valence electrons. The largest absolute Gasteiger partial charge is 0.481 e. The molecule has 0 radical (unpaired) electrons. The first-order chi connectivity index (χ1) is 9.01. The van der Waals surface area contributed by atoms with Crippen LogP contribution < -0.4 is 5.32 Å². The van der Waals surface area contributed by atoms with Crippen molar-refractivity contribution in [1.29, 1.82) is 0 Å². The molecule has 0 bridgehead atoms. The Morgan fingerprint density at radius 2 is 1.84 bits per heavy atom. The maximum absolute atomic E-state index is 12.2. The van der Waals surface area contributed by atoms with Gasteiger partial charge in [0.05, 0.1) is 5.41 Å². The number of nitrogens with one attached hydrogen (secondary N) is 1. The van der Waals surface area contributed by atoms with E-state index >= 15 is 0 Å². The van der Waals surface area contributed by atoms with Gasteiger partial charge in [-0.05, 0) is 26.2 Å². The highest BCUT2D eigenvalue weighted by molar-refractivity contribution is 5.79. The molecule has 0 aromatic rings. The zero-order valence-corrected chi connectivity index (χ0v) is 11.7. The molecule has 2 fully saturated rings. The highest BCUT2D eigenvalue weighted by atomic mass is 16.4. The number of rotatable bonds is 2. The van der Waals surface area contributed by atoms with E-state index in [4.69, 9.17) is 0 Å². The zero-order chi connectivity index (χ0) is 13.9. The summed E-state index contributed by atoms with van der Waals surface area (Å²) in [6, 6.07) is 0.184. The number of carbonyl (C=O) groups is 2. The number of amides is 2. The van der Waals surface area contributed by atoms with E-state index in [1.165, 1.54) is 25.7 Å². The minimum absolute atomic E-state index is 0.0862. The molecule has 0 spiro atoms. The summed E-state index contributed by atoms with van der Waals surface area (Å²) < 4.78 is 0. The third-order valence-electron chi connectivity index (χ3n) is 4.46. The summed E-state index contributed by atoms with van der Waals surface area (Å²) in [5.41, 5.74) is -0.777. The molecule has 1 saturated carbocycles. The first kappa shape index (κ1) is 14.2. The first-order valence-corrected chi connectivity index (χ1v) is 7.30. The van der Waals surface area contributed by atoms with Crippen molar-refractivity contribution in [3.05, 3.63) is 0 Å². The third-order valence-corrected chi connectivity index (χ3v) is 4.46. The standard InChI is InChI=1S/C14H24N2O3/c1-14(12(17)18)8-9-16(10-14)13(19)15-11-6-4-2-3-5-7-11/h11H,2-10H2,1H3,(H,15,19)(H,17,18). The number of carboxylic acid groups (broad SMARTS) is 1. The average Bonchev–Trinajstić information content (AvgIpc) is 2.60. The van der Waals surface area contributed by atoms with E-state index in [-0.39, 0.29) is 12.1 Å². The van der Waals surface area contributed by atoms with Gasteiger partial charge in [-0.2, -0.15) is 0 Å². The molecule has 2 aliphatic rings. The van der Waals surface area contributed by atoms with Crippen molar-refractivity contribution >= 4 is 12.0 Å². The number of carbonyl (C=O) groups excluding carboxylic acids is 1. The van der Waals surface area contributed by atoms with Gasteiger partial charge in [-0.1, -0.05) is 25.7 Å². The van der Waals surface area contributed by atoms with E-state index in [0.717, 1.165) is 12.8 Å². The van der Waals surface area contributed by atoms with E-state index in [9.17, 15) is 14.7 Å². The van der Waals surface area contributed by atoms with Gasteiger partial charge in [-0.15, -0.1) is 0 Å². The van der Waals surface area contributed by atoms with Crippen LogP contribution in [0.25, 0.3) is 0 Å². The van der Waals surface area contributed by atoms with Crippen LogP contribution in [0.15, 0.2) is 0 Å². The van der Waals surface area contributed by atoms with Crippen LogP contribution >= 0.6 is 0 Å². The smallest absolute Gasteiger partial charge is 0.317 e. The molecule has 2 N–H and O–H groups in total. The Morgan fingerprint density at radius 3 is 2.37 bits per heavy atom. The molecular weight excluding hydrogens is 244 g/mol. The van der Waals surface area contributed by atoms with Crippen molar-refractivity contribution in [2.24, 2.45) is 5.41 Å². The van der Waals surface area contributed by atoms with Gasteiger partial charge in [0.25, 0.3) is 0 Å². The maximum atomic E-state index is 12.2. The molecule has 1 saturated heterocycles. The maximum Gasteiger partial charge on any atom is 0.317 e. The number of hydrogen-bond acceptors (Lipinski definition) is 2. The summed E-state index contributed by atoms with van der Waals surface area (Å²) in [6.07, 6.45) is 7.52. The van der Waals surface area contributed by atoms with Gasteiger partial charge in [0.1, 0.15) is 0 Å². The number of nitrogens with zero attached hydrogens (tertiary/aromatic N) is 1. The SMILES string of the molecule is CC1(C(=O)O)CCN(C(=O)NC2CCCCCC2)C1. The Labute approximate surface area is 114 Å². The fourth-order valence-electron chi connectivity index (χ4n) is 3.00. The second-order valence-corrected chi connectivity index (χ2v) is 6.18. The lowest BCUT2D eigenvalue weighted by Gasteiger charge is -2.23. The van der Waals surface area contributed by atoms with Gasteiger partial charge in [0, 0.05) is 19.1 Å². The highest BCUT2D eigenvalue weighted by Gasteiger charge is 2.42. The first-order valence-electron chi connectivity index (χ1n) is 7.30. The molecule has 2 rings (SSSR count). The summed E-state index contributed by atoms with van der Waals surface area (Å²) in [7, 11) is 0. The quantitative estimate of drug-likeness (QED) is 0.754. The van der Waals surface area contributed by atoms with Crippen LogP contribution in [-0.4, -0.2) is 41.1 Å². The predicted octanol–water partition coefficient (Wildman–Crippen LogP) is 2.22. The third kappa shape index (κ3) is 3.39. The molecule has 1 aliphatic heterocycles. The second-order valence-electron chi connectivity index (χ2n) is 6.18. The molecule has 0 aromatic heterocycles. The number of likely N-dealkylation sites (tertiary alicyclic amines) is 1. The average molecular weight is 268 g/mol. The van der Waals surface area contributed by atoms with Crippen molar-refractivity contribution in [3.63, 3.8) is 0 Å².